The topological polar surface area (TPSA) is 131 Å². The van der Waals surface area contributed by atoms with Gasteiger partial charge in [-0.1, -0.05) is 23.7 Å². The van der Waals surface area contributed by atoms with Crippen LogP contribution in [0.4, 0.5) is 5.82 Å². The van der Waals surface area contributed by atoms with Crippen molar-refractivity contribution in [2.75, 3.05) is 52.2 Å². The van der Waals surface area contributed by atoms with Crippen LogP contribution in [0.1, 0.15) is 12.0 Å². The predicted molar refractivity (Wildman–Crippen MR) is 162 cm³/mol. The van der Waals surface area contributed by atoms with Gasteiger partial charge in [0, 0.05) is 41.3 Å². The summed E-state index contributed by atoms with van der Waals surface area (Å²) in [4.78, 5) is 25.8. The zero-order chi connectivity index (χ0) is 29.4. The van der Waals surface area contributed by atoms with E-state index in [1.807, 2.05) is 30.1 Å². The SMILES string of the molecule is CN(CC1OCCCO1)C[C@H]1CN(S(=O)(=O)c2cc3ccc(Cl)cc3s2)CC(=O)N1Cc1ccc2c(N)ncnc2c1. The number of piperazine rings is 1. The quantitative estimate of drug-likeness (QED) is 0.312. The van der Waals surface area contributed by atoms with E-state index in [0.717, 1.165) is 38.8 Å². The standard InChI is InChI=1S/C28H31ClN6O5S2/c1-33(16-26-39-7-2-8-40-26)13-21-14-34(42(37,38)27-10-19-4-5-20(29)11-24(19)41-27)15-25(36)35(21)12-18-3-6-22-23(9-18)31-17-32-28(22)30/h3-6,9-11,17,21,26H,2,7-8,12-16H2,1H3,(H2,30,31,32)/t21-/m0/s1. The number of halogens is 1. The number of carbonyl (C=O) groups is 1. The van der Waals surface area contributed by atoms with Gasteiger partial charge in [0.25, 0.3) is 10.0 Å². The van der Waals surface area contributed by atoms with Gasteiger partial charge in [-0.2, -0.15) is 4.31 Å². The van der Waals surface area contributed by atoms with Crippen LogP contribution in [0.25, 0.3) is 21.0 Å². The van der Waals surface area contributed by atoms with Gasteiger partial charge in [-0.25, -0.2) is 18.4 Å². The van der Waals surface area contributed by atoms with Crippen LogP contribution in [0.3, 0.4) is 0 Å². The summed E-state index contributed by atoms with van der Waals surface area (Å²) < 4.78 is 41.4. The molecule has 222 valence electrons. The van der Waals surface area contributed by atoms with E-state index in [1.165, 1.54) is 10.6 Å². The monoisotopic (exact) mass is 630 g/mol. The highest BCUT2D eigenvalue weighted by molar-refractivity contribution is 7.91. The summed E-state index contributed by atoms with van der Waals surface area (Å²) in [6, 6.07) is 12.1. The van der Waals surface area contributed by atoms with Crippen molar-refractivity contribution in [3.8, 4) is 0 Å². The first-order chi connectivity index (χ1) is 20.2. The van der Waals surface area contributed by atoms with E-state index in [1.54, 1.807) is 29.2 Å². The van der Waals surface area contributed by atoms with Gasteiger partial charge in [-0.15, -0.1) is 11.3 Å². The fraction of sp³-hybridized carbons (Fsp3) is 0.393. The molecule has 6 rings (SSSR count). The predicted octanol–water partition coefficient (Wildman–Crippen LogP) is 3.18. The van der Waals surface area contributed by atoms with E-state index in [-0.39, 0.29) is 29.5 Å². The van der Waals surface area contributed by atoms with Crippen molar-refractivity contribution in [3.05, 3.63) is 59.4 Å². The van der Waals surface area contributed by atoms with Crippen LogP contribution in [0.15, 0.2) is 53.0 Å². The highest BCUT2D eigenvalue weighted by Crippen LogP contribution is 2.34. The molecule has 0 radical (unpaired) electrons. The van der Waals surface area contributed by atoms with Crippen LogP contribution in [0, 0.1) is 0 Å². The summed E-state index contributed by atoms with van der Waals surface area (Å²) in [6.07, 6.45) is 1.89. The third-order valence-corrected chi connectivity index (χ3v) is 11.1. The number of amides is 1. The Kier molecular flexibility index (Phi) is 8.33. The molecule has 11 nitrogen and oxygen atoms in total. The molecule has 2 aliphatic rings. The number of thiophene rings is 1. The largest absolute Gasteiger partial charge is 0.383 e. The fourth-order valence-electron chi connectivity index (χ4n) is 5.38. The number of hydrogen-bond acceptors (Lipinski definition) is 10. The maximum absolute atomic E-state index is 13.8. The highest BCUT2D eigenvalue weighted by Gasteiger charge is 2.40. The Hall–Kier alpha value is -2.91. The molecule has 0 unspecified atom stereocenters. The molecule has 2 aromatic heterocycles. The van der Waals surface area contributed by atoms with Crippen molar-refractivity contribution in [2.45, 2.75) is 29.5 Å². The third kappa shape index (κ3) is 6.09. The maximum Gasteiger partial charge on any atom is 0.253 e. The second-order valence-corrected chi connectivity index (χ2v) is 14.3. The lowest BCUT2D eigenvalue weighted by Gasteiger charge is -2.42. The first-order valence-corrected chi connectivity index (χ1v) is 16.2. The molecule has 0 bridgehead atoms. The molecule has 2 N–H and O–H groups in total. The van der Waals surface area contributed by atoms with Crippen LogP contribution >= 0.6 is 22.9 Å². The molecule has 2 aliphatic heterocycles. The minimum atomic E-state index is -3.93. The number of nitrogen functional groups attached to an aromatic ring is 1. The molecule has 4 heterocycles. The van der Waals surface area contributed by atoms with Gasteiger partial charge < -0.3 is 20.1 Å². The molecule has 1 amide bonds. The number of benzene rings is 2. The number of fused-ring (bicyclic) bond motifs is 2. The summed E-state index contributed by atoms with van der Waals surface area (Å²) >= 11 is 7.28. The number of carbonyl (C=O) groups excluding carboxylic acids is 1. The lowest BCUT2D eigenvalue weighted by molar-refractivity contribution is -0.186. The Labute approximate surface area is 252 Å². The number of nitrogens with two attached hydrogens (primary N) is 1. The Balaban J connectivity index is 1.27. The van der Waals surface area contributed by atoms with Crippen molar-refractivity contribution in [1.82, 2.24) is 24.1 Å². The number of likely N-dealkylation sites (N-methyl/N-ethyl adjacent to an activating group) is 1. The van der Waals surface area contributed by atoms with Gasteiger partial charge >= 0.3 is 0 Å². The van der Waals surface area contributed by atoms with Crippen LogP contribution in [-0.2, 0) is 30.8 Å². The van der Waals surface area contributed by atoms with E-state index in [9.17, 15) is 13.2 Å². The molecule has 14 heteroatoms. The third-order valence-electron chi connectivity index (χ3n) is 7.50. The average Bonchev–Trinajstić information content (AvgIpc) is 3.39. The highest BCUT2D eigenvalue weighted by atomic mass is 35.5. The molecule has 0 saturated carbocycles. The summed E-state index contributed by atoms with van der Waals surface area (Å²) in [7, 11) is -2.01. The minimum Gasteiger partial charge on any atom is -0.383 e. The number of aromatic nitrogens is 2. The van der Waals surface area contributed by atoms with E-state index in [2.05, 4.69) is 9.97 Å². The molecule has 2 aromatic carbocycles. The van der Waals surface area contributed by atoms with Crippen molar-refractivity contribution in [1.29, 1.82) is 0 Å². The number of hydrogen-bond donors (Lipinski definition) is 1. The first kappa shape index (κ1) is 29.2. The number of ether oxygens (including phenoxy) is 2. The van der Waals surface area contributed by atoms with Crippen LogP contribution in [0.5, 0.6) is 0 Å². The zero-order valence-electron chi connectivity index (χ0n) is 23.0. The molecule has 0 aliphatic carbocycles. The lowest BCUT2D eigenvalue weighted by Crippen LogP contribution is -2.60. The van der Waals surface area contributed by atoms with E-state index >= 15 is 0 Å². The average molecular weight is 631 g/mol. The summed E-state index contributed by atoms with van der Waals surface area (Å²) in [6.45, 7) is 2.37. The number of rotatable bonds is 8. The minimum absolute atomic E-state index is 0.141. The molecular weight excluding hydrogens is 600 g/mol. The van der Waals surface area contributed by atoms with E-state index in [0.29, 0.717) is 49.2 Å². The van der Waals surface area contributed by atoms with Gasteiger partial charge in [0.05, 0.1) is 31.3 Å². The zero-order valence-corrected chi connectivity index (χ0v) is 25.4. The van der Waals surface area contributed by atoms with E-state index < -0.39 is 16.1 Å². The number of sulfonamides is 1. The van der Waals surface area contributed by atoms with Crippen LogP contribution < -0.4 is 5.73 Å². The smallest absolute Gasteiger partial charge is 0.253 e. The van der Waals surface area contributed by atoms with Gasteiger partial charge in [-0.3, -0.25) is 9.69 Å². The van der Waals surface area contributed by atoms with Crippen LogP contribution in [0.2, 0.25) is 5.02 Å². The van der Waals surface area contributed by atoms with Crippen molar-refractivity contribution >= 4 is 65.7 Å². The first-order valence-electron chi connectivity index (χ1n) is 13.6. The number of nitrogens with zero attached hydrogens (tertiary/aromatic N) is 5. The van der Waals surface area contributed by atoms with E-state index in [4.69, 9.17) is 26.8 Å². The molecule has 4 aromatic rings. The summed E-state index contributed by atoms with van der Waals surface area (Å²) in [5.41, 5.74) is 7.53. The summed E-state index contributed by atoms with van der Waals surface area (Å²) in [5, 5.41) is 2.06. The Morgan fingerprint density at radius 2 is 1.93 bits per heavy atom. The van der Waals surface area contributed by atoms with Gasteiger partial charge in [0.1, 0.15) is 16.4 Å². The van der Waals surface area contributed by atoms with Gasteiger partial charge in [0.15, 0.2) is 6.29 Å². The normalized spacial score (nSPS) is 19.4. The Morgan fingerprint density at radius 1 is 1.12 bits per heavy atom. The van der Waals surface area contributed by atoms with Gasteiger partial charge in [-0.05, 0) is 54.8 Å². The van der Waals surface area contributed by atoms with Crippen molar-refractivity contribution < 1.29 is 22.7 Å². The molecular formula is C28H31ClN6O5S2. The summed E-state index contributed by atoms with van der Waals surface area (Å²) in [5.74, 6) is 0.108. The maximum atomic E-state index is 13.8. The number of anilines is 1. The van der Waals surface area contributed by atoms with Crippen molar-refractivity contribution in [3.63, 3.8) is 0 Å². The van der Waals surface area contributed by atoms with Gasteiger partial charge in [0.2, 0.25) is 5.91 Å². The molecule has 42 heavy (non-hydrogen) atoms. The van der Waals surface area contributed by atoms with Crippen LogP contribution in [-0.4, -0.2) is 97.2 Å². The molecule has 2 fully saturated rings. The molecule has 1 atom stereocenters. The second-order valence-electron chi connectivity index (χ2n) is 10.6. The lowest BCUT2D eigenvalue weighted by atomic mass is 10.1. The second kappa shape index (κ2) is 12.0. The molecule has 2 saturated heterocycles. The Morgan fingerprint density at radius 3 is 2.74 bits per heavy atom. The fourth-order valence-corrected chi connectivity index (χ4v) is 8.64. The Bertz CT molecular complexity index is 1730. The van der Waals surface area contributed by atoms with Crippen molar-refractivity contribution in [2.24, 2.45) is 0 Å². The molecule has 0 spiro atoms.